The predicted molar refractivity (Wildman–Crippen MR) is 195 cm³/mol. The van der Waals surface area contributed by atoms with Crippen LogP contribution in [-0.2, 0) is 48.0 Å². The molecular formula is C40H48N4O6. The summed E-state index contributed by atoms with van der Waals surface area (Å²) >= 11 is 0. The van der Waals surface area contributed by atoms with Gasteiger partial charge in [-0.25, -0.2) is 4.98 Å². The number of nitrogens with zero attached hydrogens (tertiary/aromatic N) is 2. The first-order valence-electron chi connectivity index (χ1n) is 17.3. The van der Waals surface area contributed by atoms with Gasteiger partial charge in [0.25, 0.3) is 0 Å². The second-order valence-electron chi connectivity index (χ2n) is 13.1. The second-order valence-corrected chi connectivity index (χ2v) is 13.1. The Bertz CT molecular complexity index is 2050. The van der Waals surface area contributed by atoms with Crippen LogP contribution in [0.4, 0.5) is 0 Å². The number of carbonyl (C=O) groups is 3. The van der Waals surface area contributed by atoms with Crippen molar-refractivity contribution in [2.24, 2.45) is 0 Å². The van der Waals surface area contributed by atoms with E-state index in [9.17, 15) is 14.4 Å². The van der Waals surface area contributed by atoms with Crippen LogP contribution in [0.1, 0.15) is 117 Å². The lowest BCUT2D eigenvalue weighted by Gasteiger charge is -2.18. The van der Waals surface area contributed by atoms with Crippen LogP contribution in [-0.4, -0.2) is 51.1 Å². The Morgan fingerprint density at radius 3 is 2.14 bits per heavy atom. The van der Waals surface area contributed by atoms with Crippen molar-refractivity contribution in [3.8, 4) is 0 Å². The summed E-state index contributed by atoms with van der Waals surface area (Å²) in [5.74, 6) is -1.12. The van der Waals surface area contributed by atoms with Crippen molar-refractivity contribution in [3.63, 3.8) is 0 Å². The highest BCUT2D eigenvalue weighted by atomic mass is 16.5. The number of H-pyrrole nitrogens is 2. The smallest absolute Gasteiger partial charge is 0.302 e. The molecule has 2 N–H and O–H groups in total. The van der Waals surface area contributed by atoms with Crippen LogP contribution in [0.5, 0.6) is 0 Å². The molecule has 10 nitrogen and oxygen atoms in total. The van der Waals surface area contributed by atoms with Crippen LogP contribution >= 0.6 is 0 Å². The third kappa shape index (κ3) is 7.44. The minimum absolute atomic E-state index is 0.00337. The van der Waals surface area contributed by atoms with Crippen molar-refractivity contribution in [2.45, 2.75) is 99.5 Å². The number of carbonyl (C=O) groups excluding carboxylic acids is 3. The highest BCUT2D eigenvalue weighted by molar-refractivity contribution is 5.96. The van der Waals surface area contributed by atoms with E-state index in [1.165, 1.54) is 26.3 Å². The van der Waals surface area contributed by atoms with E-state index >= 15 is 0 Å². The number of aromatic amines is 2. The molecule has 3 aromatic heterocycles. The molecule has 0 saturated heterocycles. The molecule has 50 heavy (non-hydrogen) atoms. The third-order valence-electron chi connectivity index (χ3n) is 9.91. The second kappa shape index (κ2) is 15.3. The van der Waals surface area contributed by atoms with Crippen molar-refractivity contribution in [2.75, 3.05) is 13.2 Å². The zero-order valence-electron chi connectivity index (χ0n) is 30.5. The summed E-state index contributed by atoms with van der Waals surface area (Å²) in [4.78, 5) is 53.4. The van der Waals surface area contributed by atoms with Crippen LogP contribution < -0.4 is 0 Å². The monoisotopic (exact) mass is 680 g/mol. The molecule has 2 atom stereocenters. The van der Waals surface area contributed by atoms with Gasteiger partial charge in [-0.1, -0.05) is 26.5 Å². The molecule has 3 aromatic rings. The van der Waals surface area contributed by atoms with E-state index in [0.717, 1.165) is 84.7 Å². The van der Waals surface area contributed by atoms with E-state index in [4.69, 9.17) is 24.2 Å². The van der Waals surface area contributed by atoms with Gasteiger partial charge in [0.15, 0.2) is 0 Å². The standard InChI is InChI=1S/C40H48N4O6/c1-10-28-21(3)33-17-35-23(5)30(13-12-15-48-25(7)45)39(43-35)31(14-16-49-26(8)46)40-32(20-50-27(9)47)24(6)36(44-40)19-38-29(11-2)22(4)34(42-38)18-37(28)41-33/h10,17-19,23,30,42,44H,1,11-16,20H2,2-9H3/t23-,30-/m0/s1. The SMILES string of the molecule is C=CC1=C(C)c2cc3nc(c(CCOC(C)=O)c4[nH]c(cc5[nH]c(cc1n2)c(C)c5CC)c(C)c4COC(C)=O)[C@@H](CCCOC(C)=O)[C@@H]3C. The first kappa shape index (κ1) is 36.3. The Kier molecular flexibility index (Phi) is 11.1. The molecule has 0 unspecified atom stereocenters. The highest BCUT2D eigenvalue weighted by Gasteiger charge is 2.32. The summed E-state index contributed by atoms with van der Waals surface area (Å²) in [5.41, 5.74) is 14.0. The van der Waals surface area contributed by atoms with E-state index in [2.05, 4.69) is 62.4 Å². The van der Waals surface area contributed by atoms with Gasteiger partial charge in [-0.2, -0.15) is 0 Å². The number of esters is 3. The van der Waals surface area contributed by atoms with E-state index in [1.54, 1.807) is 0 Å². The number of hydrogen-bond acceptors (Lipinski definition) is 8. The summed E-state index contributed by atoms with van der Waals surface area (Å²) in [7, 11) is 0. The van der Waals surface area contributed by atoms with Crippen molar-refractivity contribution >= 4 is 51.1 Å². The summed E-state index contributed by atoms with van der Waals surface area (Å²) in [6.45, 7) is 19.3. The molecule has 5 rings (SSSR count). The van der Waals surface area contributed by atoms with Crippen LogP contribution in [0, 0.1) is 13.8 Å². The summed E-state index contributed by atoms with van der Waals surface area (Å²) < 4.78 is 16.4. The van der Waals surface area contributed by atoms with Gasteiger partial charge in [0, 0.05) is 83.7 Å². The zero-order chi connectivity index (χ0) is 36.3. The number of aromatic nitrogens is 4. The number of aryl methyl sites for hydroxylation is 3. The van der Waals surface area contributed by atoms with Crippen molar-refractivity contribution in [1.29, 1.82) is 0 Å². The fraction of sp³-hybridized carbons (Fsp3) is 0.425. The molecular weight excluding hydrogens is 632 g/mol. The minimum Gasteiger partial charge on any atom is -0.466 e. The number of rotatable bonds is 11. The molecule has 5 heterocycles. The van der Waals surface area contributed by atoms with Gasteiger partial charge in [-0.3, -0.25) is 19.4 Å². The topological polar surface area (TPSA) is 136 Å². The Balaban J connectivity index is 1.93. The van der Waals surface area contributed by atoms with Gasteiger partial charge >= 0.3 is 17.9 Å². The first-order chi connectivity index (χ1) is 23.8. The van der Waals surface area contributed by atoms with Gasteiger partial charge in [0.05, 0.1) is 30.1 Å². The Morgan fingerprint density at radius 2 is 1.48 bits per heavy atom. The molecule has 0 aliphatic carbocycles. The van der Waals surface area contributed by atoms with Crippen molar-refractivity contribution in [3.05, 3.63) is 81.4 Å². The van der Waals surface area contributed by atoms with Gasteiger partial charge in [0.1, 0.15) is 6.61 Å². The van der Waals surface area contributed by atoms with Gasteiger partial charge < -0.3 is 24.2 Å². The number of allylic oxidation sites excluding steroid dienone is 3. The predicted octanol–water partition coefficient (Wildman–Crippen LogP) is 8.01. The normalized spacial score (nSPS) is 15.6. The average molecular weight is 681 g/mol. The molecule has 264 valence electrons. The molecule has 8 bridgehead atoms. The maximum atomic E-state index is 12.1. The summed E-state index contributed by atoms with van der Waals surface area (Å²) in [5, 5.41) is 0. The summed E-state index contributed by atoms with van der Waals surface area (Å²) in [6.07, 6.45) is 4.40. The molecule has 0 spiro atoms. The zero-order valence-corrected chi connectivity index (χ0v) is 30.5. The first-order valence-corrected chi connectivity index (χ1v) is 17.3. The minimum atomic E-state index is -0.383. The number of ether oxygens (including phenoxy) is 3. The van der Waals surface area contributed by atoms with Crippen LogP contribution in [0.2, 0.25) is 0 Å². The van der Waals surface area contributed by atoms with E-state index in [-0.39, 0.29) is 43.0 Å². The van der Waals surface area contributed by atoms with Crippen LogP contribution in [0.25, 0.3) is 33.2 Å². The van der Waals surface area contributed by atoms with E-state index in [1.807, 2.05) is 13.0 Å². The molecule has 2 aliphatic rings. The number of fused-ring (bicyclic) bond motifs is 8. The Morgan fingerprint density at radius 1 is 0.820 bits per heavy atom. The molecule has 0 amide bonds. The lowest BCUT2D eigenvalue weighted by Crippen LogP contribution is -2.11. The van der Waals surface area contributed by atoms with Gasteiger partial charge in [-0.15, -0.1) is 0 Å². The fourth-order valence-electron chi connectivity index (χ4n) is 7.15. The third-order valence-corrected chi connectivity index (χ3v) is 9.91. The largest absolute Gasteiger partial charge is 0.466 e. The molecule has 2 aliphatic heterocycles. The average Bonchev–Trinajstić information content (AvgIpc) is 3.73. The van der Waals surface area contributed by atoms with Crippen LogP contribution in [0.3, 0.4) is 0 Å². The van der Waals surface area contributed by atoms with Crippen molar-refractivity contribution in [1.82, 2.24) is 19.9 Å². The van der Waals surface area contributed by atoms with Crippen LogP contribution in [0.15, 0.2) is 30.9 Å². The molecule has 0 saturated carbocycles. The highest BCUT2D eigenvalue weighted by Crippen LogP contribution is 2.43. The Labute approximate surface area is 293 Å². The summed E-state index contributed by atoms with van der Waals surface area (Å²) in [6, 6.07) is 6.27. The van der Waals surface area contributed by atoms with E-state index < -0.39 is 0 Å². The fourth-order valence-corrected chi connectivity index (χ4v) is 7.15. The molecule has 0 fully saturated rings. The van der Waals surface area contributed by atoms with Gasteiger partial charge in [0.2, 0.25) is 0 Å². The lowest BCUT2D eigenvalue weighted by atomic mass is 9.85. The Hall–Kier alpha value is -4.99. The number of nitrogens with one attached hydrogen (secondary N) is 2. The maximum Gasteiger partial charge on any atom is 0.302 e. The number of hydrogen-bond donors (Lipinski definition) is 2. The molecule has 10 heteroatoms. The van der Waals surface area contributed by atoms with E-state index in [0.29, 0.717) is 25.9 Å². The molecule has 0 radical (unpaired) electrons. The molecule has 0 aromatic carbocycles. The lowest BCUT2D eigenvalue weighted by molar-refractivity contribution is -0.142. The van der Waals surface area contributed by atoms with Crippen molar-refractivity contribution < 1.29 is 28.6 Å². The quantitative estimate of drug-likeness (QED) is 0.118. The maximum absolute atomic E-state index is 12.1. The van der Waals surface area contributed by atoms with Gasteiger partial charge in [-0.05, 0) is 80.5 Å².